The zero-order valence-corrected chi connectivity index (χ0v) is 17.0. The Kier molecular flexibility index (Phi) is 4.81. The number of hydrogen-bond donors (Lipinski definition) is 0. The number of thiazole rings is 1. The van der Waals surface area contributed by atoms with Crippen LogP contribution in [0, 0.1) is 13.8 Å². The summed E-state index contributed by atoms with van der Waals surface area (Å²) in [5.74, 6) is 0.865. The van der Waals surface area contributed by atoms with Gasteiger partial charge in [-0.2, -0.15) is 4.99 Å². The minimum absolute atomic E-state index is 0.347. The molecule has 0 spiro atoms. The van der Waals surface area contributed by atoms with Crippen molar-refractivity contribution in [2.75, 3.05) is 0 Å². The molecule has 2 atom stereocenters. The van der Waals surface area contributed by atoms with Crippen LogP contribution in [0.2, 0.25) is 0 Å². The summed E-state index contributed by atoms with van der Waals surface area (Å²) < 4.78 is 14.9. The molecule has 0 aliphatic carbocycles. The average molecular weight is 394 g/mol. The van der Waals surface area contributed by atoms with Crippen molar-refractivity contribution in [3.63, 3.8) is 0 Å². The Morgan fingerprint density at radius 1 is 1.21 bits per heavy atom. The summed E-state index contributed by atoms with van der Waals surface area (Å²) in [5, 5.41) is 0. The molecular weight excluding hydrogens is 372 g/mol. The molecule has 0 fully saturated rings. The van der Waals surface area contributed by atoms with E-state index in [9.17, 15) is 4.79 Å². The Labute approximate surface area is 167 Å². The number of amides is 1. The van der Waals surface area contributed by atoms with Crippen LogP contribution in [0.1, 0.15) is 18.1 Å². The second-order valence-electron chi connectivity index (χ2n) is 6.95. The maximum atomic E-state index is 13.0. The van der Waals surface area contributed by atoms with Crippen molar-refractivity contribution < 1.29 is 14.3 Å². The van der Waals surface area contributed by atoms with Crippen molar-refractivity contribution >= 4 is 27.5 Å². The van der Waals surface area contributed by atoms with Crippen LogP contribution in [-0.4, -0.2) is 22.7 Å². The van der Waals surface area contributed by atoms with Gasteiger partial charge in [-0.3, -0.25) is 4.79 Å². The van der Waals surface area contributed by atoms with E-state index in [4.69, 9.17) is 9.47 Å². The van der Waals surface area contributed by atoms with E-state index in [0.29, 0.717) is 22.8 Å². The van der Waals surface area contributed by atoms with Gasteiger partial charge in [0.05, 0.1) is 10.2 Å². The molecule has 0 radical (unpaired) electrons. The van der Waals surface area contributed by atoms with Crippen molar-refractivity contribution in [3.8, 4) is 11.5 Å². The standard InChI is InChI=1S/C22H22N2O3S/c1-5-10-24-16-11-13(2)14(3)12-19(16)28-22(24)23-21(25)20-15(4)26-17-8-6-7-9-18(17)27-20/h5-9,11-12,15,20H,1,10H2,2-4H3. The van der Waals surface area contributed by atoms with Crippen LogP contribution >= 0.6 is 11.3 Å². The fourth-order valence-corrected chi connectivity index (χ4v) is 4.39. The maximum Gasteiger partial charge on any atom is 0.293 e. The first kappa shape index (κ1) is 18.5. The van der Waals surface area contributed by atoms with Crippen molar-refractivity contribution in [1.29, 1.82) is 0 Å². The van der Waals surface area contributed by atoms with Crippen LogP contribution in [0.3, 0.4) is 0 Å². The summed E-state index contributed by atoms with van der Waals surface area (Å²) in [6.45, 7) is 10.4. The summed E-state index contributed by atoms with van der Waals surface area (Å²) in [7, 11) is 0. The molecule has 28 heavy (non-hydrogen) atoms. The van der Waals surface area contributed by atoms with Gasteiger partial charge < -0.3 is 14.0 Å². The lowest BCUT2D eigenvalue weighted by molar-refractivity contribution is -0.130. The van der Waals surface area contributed by atoms with E-state index in [1.165, 1.54) is 22.5 Å². The van der Waals surface area contributed by atoms with Crippen LogP contribution < -0.4 is 14.3 Å². The number of allylic oxidation sites excluding steroid dienone is 1. The number of carbonyl (C=O) groups is 1. The predicted molar refractivity (Wildman–Crippen MR) is 111 cm³/mol. The van der Waals surface area contributed by atoms with E-state index in [1.807, 2.05) is 35.8 Å². The fourth-order valence-electron chi connectivity index (χ4n) is 3.26. The van der Waals surface area contributed by atoms with Gasteiger partial charge in [0.15, 0.2) is 16.3 Å². The van der Waals surface area contributed by atoms with Gasteiger partial charge in [0, 0.05) is 6.54 Å². The SMILES string of the molecule is C=CCn1c(=NC(=O)C2Oc3ccccc3OC2C)sc2cc(C)c(C)cc21. The largest absolute Gasteiger partial charge is 0.482 e. The molecular formula is C22H22N2O3S. The van der Waals surface area contributed by atoms with Crippen molar-refractivity contribution in [3.05, 3.63) is 65.0 Å². The van der Waals surface area contributed by atoms with Gasteiger partial charge in [-0.05, 0) is 56.2 Å². The molecule has 1 aliphatic rings. The third-order valence-corrected chi connectivity index (χ3v) is 5.94. The zero-order valence-electron chi connectivity index (χ0n) is 16.1. The molecule has 2 unspecified atom stereocenters. The molecule has 0 saturated carbocycles. The van der Waals surface area contributed by atoms with Gasteiger partial charge in [-0.25, -0.2) is 0 Å². The molecule has 6 heteroatoms. The molecule has 0 saturated heterocycles. The number of para-hydroxylation sites is 2. The third kappa shape index (κ3) is 3.24. The van der Waals surface area contributed by atoms with Crippen LogP contribution in [0.15, 0.2) is 54.0 Å². The van der Waals surface area contributed by atoms with E-state index < -0.39 is 12.2 Å². The fraction of sp³-hybridized carbons (Fsp3) is 0.273. The molecule has 0 N–H and O–H groups in total. The summed E-state index contributed by atoms with van der Waals surface area (Å²) in [6, 6.07) is 11.6. The molecule has 5 nitrogen and oxygen atoms in total. The van der Waals surface area contributed by atoms with E-state index in [-0.39, 0.29) is 5.91 Å². The van der Waals surface area contributed by atoms with Gasteiger partial charge >= 0.3 is 0 Å². The quantitative estimate of drug-likeness (QED) is 0.627. The topological polar surface area (TPSA) is 52.8 Å². The van der Waals surface area contributed by atoms with Crippen molar-refractivity contribution in [2.45, 2.75) is 39.5 Å². The Morgan fingerprint density at radius 2 is 1.89 bits per heavy atom. The monoisotopic (exact) mass is 394 g/mol. The van der Waals surface area contributed by atoms with Gasteiger partial charge in [0.25, 0.3) is 5.91 Å². The second-order valence-corrected chi connectivity index (χ2v) is 7.96. The number of aromatic nitrogens is 1. The van der Waals surface area contributed by atoms with E-state index in [1.54, 1.807) is 6.07 Å². The Hall–Kier alpha value is -2.86. The Balaban J connectivity index is 1.76. The molecule has 1 aromatic heterocycles. The number of rotatable bonds is 3. The number of carbonyl (C=O) groups excluding carboxylic acids is 1. The van der Waals surface area contributed by atoms with Crippen molar-refractivity contribution in [1.82, 2.24) is 4.57 Å². The smallest absolute Gasteiger partial charge is 0.293 e. The van der Waals surface area contributed by atoms with Crippen molar-refractivity contribution in [2.24, 2.45) is 4.99 Å². The van der Waals surface area contributed by atoms with E-state index >= 15 is 0 Å². The van der Waals surface area contributed by atoms with Gasteiger partial charge in [0.1, 0.15) is 6.10 Å². The lowest BCUT2D eigenvalue weighted by Gasteiger charge is -2.29. The molecule has 2 heterocycles. The molecule has 2 aromatic carbocycles. The molecule has 3 aromatic rings. The summed E-state index contributed by atoms with van der Waals surface area (Å²) in [4.78, 5) is 18.0. The number of hydrogen-bond acceptors (Lipinski definition) is 4. The number of fused-ring (bicyclic) bond motifs is 2. The number of ether oxygens (including phenoxy) is 2. The number of aryl methyl sites for hydroxylation is 2. The van der Waals surface area contributed by atoms with Gasteiger partial charge in [-0.1, -0.05) is 29.5 Å². The summed E-state index contributed by atoms with van der Waals surface area (Å²) >= 11 is 1.50. The van der Waals surface area contributed by atoms with Crippen LogP contribution in [-0.2, 0) is 11.3 Å². The predicted octanol–water partition coefficient (Wildman–Crippen LogP) is 4.16. The highest BCUT2D eigenvalue weighted by molar-refractivity contribution is 7.16. The highest BCUT2D eigenvalue weighted by Crippen LogP contribution is 2.33. The van der Waals surface area contributed by atoms with Gasteiger partial charge in [-0.15, -0.1) is 6.58 Å². The Morgan fingerprint density at radius 3 is 2.61 bits per heavy atom. The second kappa shape index (κ2) is 7.28. The normalized spacial score (nSPS) is 19.0. The minimum atomic E-state index is -0.777. The highest BCUT2D eigenvalue weighted by Gasteiger charge is 2.34. The lowest BCUT2D eigenvalue weighted by atomic mass is 10.1. The molecule has 1 aliphatic heterocycles. The van der Waals surface area contributed by atoms with E-state index in [2.05, 4.69) is 37.6 Å². The van der Waals surface area contributed by atoms with Crippen LogP contribution in [0.4, 0.5) is 0 Å². The van der Waals surface area contributed by atoms with Gasteiger partial charge in [0.2, 0.25) is 6.10 Å². The lowest BCUT2D eigenvalue weighted by Crippen LogP contribution is -2.43. The maximum absolute atomic E-state index is 13.0. The zero-order chi connectivity index (χ0) is 19.8. The Bertz CT molecular complexity index is 1140. The molecule has 4 rings (SSSR count). The first-order valence-electron chi connectivity index (χ1n) is 9.20. The average Bonchev–Trinajstić information content (AvgIpc) is 2.98. The number of nitrogens with zero attached hydrogens (tertiary/aromatic N) is 2. The van der Waals surface area contributed by atoms with E-state index in [0.717, 1.165) is 10.2 Å². The number of benzene rings is 2. The minimum Gasteiger partial charge on any atom is -0.482 e. The molecule has 144 valence electrons. The van der Waals surface area contributed by atoms with Crippen LogP contribution in [0.25, 0.3) is 10.2 Å². The van der Waals surface area contributed by atoms with Crippen LogP contribution in [0.5, 0.6) is 11.5 Å². The first-order chi connectivity index (χ1) is 13.5. The summed E-state index contributed by atoms with van der Waals surface area (Å²) in [6.07, 6.45) is 0.614. The molecule has 0 bridgehead atoms. The third-order valence-electron chi connectivity index (χ3n) is 4.90. The molecule has 1 amide bonds. The first-order valence-corrected chi connectivity index (χ1v) is 10.0. The highest BCUT2D eigenvalue weighted by atomic mass is 32.1. The summed E-state index contributed by atoms with van der Waals surface area (Å²) in [5.41, 5.74) is 3.47.